The molecule has 0 unspecified atom stereocenters. The van der Waals surface area contributed by atoms with Gasteiger partial charge in [-0.25, -0.2) is 8.42 Å². The Bertz CT molecular complexity index is 1670. The van der Waals surface area contributed by atoms with Gasteiger partial charge < -0.3 is 10.2 Å². The summed E-state index contributed by atoms with van der Waals surface area (Å²) in [6, 6.07) is 31.5. The second-order valence-corrected chi connectivity index (χ2v) is 13.9. The highest BCUT2D eigenvalue weighted by Gasteiger charge is 2.35. The Hall–Kier alpha value is -4.43. The van der Waals surface area contributed by atoms with Crippen molar-refractivity contribution in [3.05, 3.63) is 131 Å². The molecule has 0 aromatic heterocycles. The molecule has 0 aliphatic heterocycles. The monoisotopic (exact) mass is 611 g/mol. The summed E-state index contributed by atoms with van der Waals surface area (Å²) in [4.78, 5) is 30.0. The number of nitrogens with zero attached hydrogens (tertiary/aromatic N) is 2. The highest BCUT2D eigenvalue weighted by molar-refractivity contribution is 7.92. The zero-order valence-corrected chi connectivity index (χ0v) is 26.8. The average Bonchev–Trinajstić information content (AvgIpc) is 2.99. The van der Waals surface area contributed by atoms with Crippen molar-refractivity contribution in [2.75, 3.05) is 10.8 Å². The molecule has 4 aromatic rings. The van der Waals surface area contributed by atoms with Crippen LogP contribution in [0.4, 0.5) is 5.69 Å². The summed E-state index contributed by atoms with van der Waals surface area (Å²) in [5.41, 5.74) is 3.45. The van der Waals surface area contributed by atoms with Gasteiger partial charge in [0.25, 0.3) is 10.0 Å². The Labute approximate surface area is 261 Å². The number of hydrogen-bond acceptors (Lipinski definition) is 4. The van der Waals surface area contributed by atoms with Crippen LogP contribution in [0.2, 0.25) is 0 Å². The van der Waals surface area contributed by atoms with Crippen LogP contribution < -0.4 is 9.62 Å². The molecule has 0 fully saturated rings. The quantitative estimate of drug-likeness (QED) is 0.224. The van der Waals surface area contributed by atoms with Crippen LogP contribution in [0, 0.1) is 13.8 Å². The van der Waals surface area contributed by atoms with E-state index in [1.807, 2.05) is 101 Å². The molecule has 0 aliphatic rings. The fraction of sp³-hybridized carbons (Fsp3) is 0.278. The molecule has 44 heavy (non-hydrogen) atoms. The van der Waals surface area contributed by atoms with Crippen LogP contribution in [0.1, 0.15) is 43.0 Å². The number of hydrogen-bond donors (Lipinski definition) is 1. The van der Waals surface area contributed by atoms with Gasteiger partial charge in [0.2, 0.25) is 11.8 Å². The summed E-state index contributed by atoms with van der Waals surface area (Å²) in [5.74, 6) is -0.800. The van der Waals surface area contributed by atoms with Gasteiger partial charge in [0.05, 0.1) is 10.6 Å². The number of benzene rings is 4. The van der Waals surface area contributed by atoms with E-state index in [0.29, 0.717) is 5.69 Å². The number of amides is 2. The first-order valence-corrected chi connectivity index (χ1v) is 16.1. The molecule has 7 nitrogen and oxygen atoms in total. The van der Waals surface area contributed by atoms with E-state index in [2.05, 4.69) is 5.32 Å². The van der Waals surface area contributed by atoms with E-state index in [1.165, 1.54) is 17.0 Å². The van der Waals surface area contributed by atoms with Gasteiger partial charge in [-0.1, -0.05) is 84.9 Å². The summed E-state index contributed by atoms with van der Waals surface area (Å²) in [6.07, 6.45) is 0.260. The van der Waals surface area contributed by atoms with Crippen LogP contribution >= 0.6 is 0 Å². The molecular weight excluding hydrogens is 570 g/mol. The summed E-state index contributed by atoms with van der Waals surface area (Å²) in [5, 5.41) is 3.05. The van der Waals surface area contributed by atoms with Crippen molar-refractivity contribution >= 4 is 27.5 Å². The molecule has 0 bridgehead atoms. The number of carbonyl (C=O) groups excluding carboxylic acids is 2. The number of anilines is 1. The second kappa shape index (κ2) is 13.9. The zero-order valence-electron chi connectivity index (χ0n) is 26.0. The normalized spacial score (nSPS) is 12.3. The third-order valence-electron chi connectivity index (χ3n) is 7.35. The molecule has 4 aromatic carbocycles. The maximum Gasteiger partial charge on any atom is 0.264 e. The number of nitrogens with one attached hydrogen (secondary N) is 1. The van der Waals surface area contributed by atoms with Crippen LogP contribution in [-0.2, 0) is 32.6 Å². The SMILES string of the molecule is Cc1ccc(N(CC(=O)N(Cc2ccccc2)[C@@H](Cc2ccccc2)C(=O)NC(C)(C)C)S(=O)(=O)c2ccccc2)cc1C. The molecule has 0 aliphatic carbocycles. The zero-order chi connectivity index (χ0) is 31.9. The second-order valence-electron chi connectivity index (χ2n) is 12.0. The van der Waals surface area contributed by atoms with E-state index in [-0.39, 0.29) is 23.8 Å². The Morgan fingerprint density at radius 1 is 0.750 bits per heavy atom. The van der Waals surface area contributed by atoms with E-state index in [4.69, 9.17) is 0 Å². The molecule has 0 saturated carbocycles. The van der Waals surface area contributed by atoms with Crippen molar-refractivity contribution < 1.29 is 18.0 Å². The maximum absolute atomic E-state index is 14.5. The van der Waals surface area contributed by atoms with Crippen LogP contribution in [0.15, 0.2) is 114 Å². The molecular formula is C36H41N3O4S. The molecule has 0 radical (unpaired) electrons. The molecule has 4 rings (SSSR count). The van der Waals surface area contributed by atoms with Crippen LogP contribution in [-0.4, -0.2) is 43.3 Å². The first kappa shape index (κ1) is 32.5. The largest absolute Gasteiger partial charge is 0.350 e. The first-order chi connectivity index (χ1) is 20.8. The summed E-state index contributed by atoms with van der Waals surface area (Å²) in [7, 11) is -4.13. The third-order valence-corrected chi connectivity index (χ3v) is 9.14. The lowest BCUT2D eigenvalue weighted by Gasteiger charge is -2.35. The van der Waals surface area contributed by atoms with E-state index in [9.17, 15) is 18.0 Å². The summed E-state index contributed by atoms with van der Waals surface area (Å²) in [6.45, 7) is 9.17. The van der Waals surface area contributed by atoms with E-state index >= 15 is 0 Å². The molecule has 0 heterocycles. The fourth-order valence-corrected chi connectivity index (χ4v) is 6.34. The lowest BCUT2D eigenvalue weighted by Crippen LogP contribution is -2.56. The van der Waals surface area contributed by atoms with Gasteiger partial charge in [-0.3, -0.25) is 13.9 Å². The minimum atomic E-state index is -4.13. The summed E-state index contributed by atoms with van der Waals surface area (Å²) >= 11 is 0. The third kappa shape index (κ3) is 8.35. The predicted molar refractivity (Wildman–Crippen MR) is 176 cm³/mol. The molecule has 2 amide bonds. The number of carbonyl (C=O) groups is 2. The van der Waals surface area contributed by atoms with E-state index in [0.717, 1.165) is 26.6 Å². The molecule has 0 spiro atoms. The first-order valence-electron chi connectivity index (χ1n) is 14.7. The topological polar surface area (TPSA) is 86.8 Å². The standard InChI is InChI=1S/C36H41N3O4S/c1-27-21-22-31(23-28(27)2)39(44(42,43)32-19-13-8-14-20-32)26-34(40)38(25-30-17-11-7-12-18-30)33(35(41)37-36(3,4)5)24-29-15-9-6-10-16-29/h6-23,33H,24-26H2,1-5H3,(H,37,41)/t33-/m0/s1. The highest BCUT2D eigenvalue weighted by atomic mass is 32.2. The molecule has 1 N–H and O–H groups in total. The minimum Gasteiger partial charge on any atom is -0.350 e. The van der Waals surface area contributed by atoms with Crippen LogP contribution in [0.3, 0.4) is 0 Å². The number of rotatable bonds is 11. The van der Waals surface area contributed by atoms with Crippen molar-refractivity contribution in [1.29, 1.82) is 0 Å². The van der Waals surface area contributed by atoms with E-state index < -0.39 is 34.1 Å². The smallest absolute Gasteiger partial charge is 0.264 e. The van der Waals surface area contributed by atoms with Crippen molar-refractivity contribution in [2.24, 2.45) is 0 Å². The fourth-order valence-electron chi connectivity index (χ4n) is 4.92. The van der Waals surface area contributed by atoms with Crippen LogP contribution in [0.25, 0.3) is 0 Å². The maximum atomic E-state index is 14.5. The Kier molecular flexibility index (Phi) is 10.3. The predicted octanol–water partition coefficient (Wildman–Crippen LogP) is 6.05. The van der Waals surface area contributed by atoms with Gasteiger partial charge >= 0.3 is 0 Å². The molecule has 1 atom stereocenters. The van der Waals surface area contributed by atoms with E-state index in [1.54, 1.807) is 30.3 Å². The average molecular weight is 612 g/mol. The minimum absolute atomic E-state index is 0.0759. The Balaban J connectivity index is 1.81. The van der Waals surface area contributed by atoms with Gasteiger partial charge in [0.15, 0.2) is 0 Å². The lowest BCUT2D eigenvalue weighted by molar-refractivity contribution is -0.140. The van der Waals surface area contributed by atoms with Gasteiger partial charge in [0, 0.05) is 18.5 Å². The van der Waals surface area contributed by atoms with Crippen molar-refractivity contribution in [3.8, 4) is 0 Å². The molecule has 8 heteroatoms. The van der Waals surface area contributed by atoms with Crippen molar-refractivity contribution in [3.63, 3.8) is 0 Å². The van der Waals surface area contributed by atoms with Gasteiger partial charge in [0.1, 0.15) is 12.6 Å². The Morgan fingerprint density at radius 3 is 1.84 bits per heavy atom. The van der Waals surface area contributed by atoms with Crippen molar-refractivity contribution in [1.82, 2.24) is 10.2 Å². The summed E-state index contributed by atoms with van der Waals surface area (Å²) < 4.78 is 29.4. The molecule has 0 saturated heterocycles. The van der Waals surface area contributed by atoms with Gasteiger partial charge in [-0.2, -0.15) is 0 Å². The number of aryl methyl sites for hydroxylation is 2. The van der Waals surface area contributed by atoms with Crippen molar-refractivity contribution in [2.45, 2.75) is 64.1 Å². The van der Waals surface area contributed by atoms with Crippen LogP contribution in [0.5, 0.6) is 0 Å². The van der Waals surface area contributed by atoms with Gasteiger partial charge in [-0.15, -0.1) is 0 Å². The Morgan fingerprint density at radius 2 is 1.30 bits per heavy atom. The lowest BCUT2D eigenvalue weighted by atomic mass is 10.0. The molecule has 230 valence electrons. The number of sulfonamides is 1. The van der Waals surface area contributed by atoms with Gasteiger partial charge in [-0.05, 0) is 81.1 Å². The highest BCUT2D eigenvalue weighted by Crippen LogP contribution is 2.27.